The van der Waals surface area contributed by atoms with Crippen molar-refractivity contribution in [2.45, 2.75) is 0 Å². The number of rotatable bonds is 0. The molecular weight excluding hydrogens is 194 g/mol. The number of allylic oxidation sites excluding steroid dienone is 1. The first-order valence-electron chi connectivity index (χ1n) is 4.79. The normalized spacial score (nSPS) is 22.5. The van der Waals surface area contributed by atoms with Crippen LogP contribution in [0.25, 0.3) is 0 Å². The number of fused-ring (bicyclic) bond motifs is 3. The molecule has 0 aromatic carbocycles. The number of aliphatic imine (C=N–C) groups is 1. The summed E-state index contributed by atoms with van der Waals surface area (Å²) in [4.78, 5) is 19.2. The number of carbonyl (C=O) groups excluding carboxylic acids is 1. The van der Waals surface area contributed by atoms with Gasteiger partial charge in [-0.15, -0.1) is 0 Å². The van der Waals surface area contributed by atoms with Crippen molar-refractivity contribution in [3.63, 3.8) is 0 Å². The van der Waals surface area contributed by atoms with Gasteiger partial charge in [-0.05, 0) is 6.08 Å². The van der Waals surface area contributed by atoms with Crippen LogP contribution < -0.4 is 11.1 Å². The van der Waals surface area contributed by atoms with E-state index in [4.69, 9.17) is 5.73 Å². The maximum absolute atomic E-state index is 11.4. The van der Waals surface area contributed by atoms with Crippen molar-refractivity contribution in [1.29, 1.82) is 0 Å². The number of hydrogen-bond donors (Lipinski definition) is 2. The van der Waals surface area contributed by atoms with Gasteiger partial charge in [0, 0.05) is 12.2 Å². The zero-order valence-electron chi connectivity index (χ0n) is 8.10. The molecule has 0 atom stereocenters. The van der Waals surface area contributed by atoms with Gasteiger partial charge in [0.1, 0.15) is 12.5 Å². The number of nitrogens with zero attached hydrogens (tertiary/aromatic N) is 3. The molecule has 2 amide bonds. The molecule has 6 heteroatoms. The molecule has 0 aliphatic carbocycles. The lowest BCUT2D eigenvalue weighted by Gasteiger charge is -2.36. The van der Waals surface area contributed by atoms with Gasteiger partial charge in [-0.3, -0.25) is 4.99 Å². The number of carbonyl (C=O) groups is 1. The summed E-state index contributed by atoms with van der Waals surface area (Å²) in [5, 5.41) is 3.08. The molecule has 3 N–H and O–H groups in total. The van der Waals surface area contributed by atoms with Crippen LogP contribution in [0.4, 0.5) is 4.79 Å². The number of nitrogens with two attached hydrogens (primary N) is 1. The molecule has 78 valence electrons. The number of nitrogens with one attached hydrogen (secondary N) is 1. The highest BCUT2D eigenvalue weighted by Crippen LogP contribution is 2.29. The highest BCUT2D eigenvalue weighted by atomic mass is 16.2. The van der Waals surface area contributed by atoms with Crippen molar-refractivity contribution in [2.75, 3.05) is 19.8 Å². The molecule has 0 radical (unpaired) electrons. The molecule has 0 fully saturated rings. The van der Waals surface area contributed by atoms with Crippen LogP contribution in [0.3, 0.4) is 0 Å². The Labute approximate surface area is 86.7 Å². The molecule has 0 unspecified atom stereocenters. The van der Waals surface area contributed by atoms with E-state index in [-0.39, 0.29) is 0 Å². The van der Waals surface area contributed by atoms with Crippen LogP contribution in [0.1, 0.15) is 0 Å². The lowest BCUT2D eigenvalue weighted by Crippen LogP contribution is -2.47. The quantitative estimate of drug-likeness (QED) is 0.553. The van der Waals surface area contributed by atoms with E-state index >= 15 is 0 Å². The molecule has 15 heavy (non-hydrogen) atoms. The van der Waals surface area contributed by atoms with E-state index in [2.05, 4.69) is 15.2 Å². The Morgan fingerprint density at radius 2 is 2.47 bits per heavy atom. The largest absolute Gasteiger partial charge is 0.358 e. The molecule has 0 saturated heterocycles. The van der Waals surface area contributed by atoms with Gasteiger partial charge in [0.05, 0.1) is 18.5 Å². The summed E-state index contributed by atoms with van der Waals surface area (Å²) >= 11 is 0. The lowest BCUT2D eigenvalue weighted by atomic mass is 10.2. The molecular formula is C9H11N5O. The average molecular weight is 205 g/mol. The van der Waals surface area contributed by atoms with Crippen LogP contribution in [0.15, 0.2) is 28.3 Å². The molecule has 6 nitrogen and oxygen atoms in total. The molecule has 3 aliphatic rings. The van der Waals surface area contributed by atoms with Crippen molar-refractivity contribution in [1.82, 2.24) is 15.1 Å². The Bertz CT molecular complexity index is 422. The standard InChI is InChI=1S/C9H11N5O/c10-9(15)14-6-1-2-13(4-6)7-3-11-5-12-8(7)14/h1,3,12H,2,4-5H2,(H2,10,15). The van der Waals surface area contributed by atoms with Crippen LogP contribution in [0.5, 0.6) is 0 Å². The van der Waals surface area contributed by atoms with Crippen molar-refractivity contribution in [2.24, 2.45) is 10.7 Å². The van der Waals surface area contributed by atoms with Gasteiger partial charge in [-0.1, -0.05) is 0 Å². The van der Waals surface area contributed by atoms with E-state index in [1.54, 1.807) is 6.21 Å². The smallest absolute Gasteiger partial charge is 0.324 e. The fourth-order valence-electron chi connectivity index (χ4n) is 2.11. The molecule has 0 aromatic heterocycles. The highest BCUT2D eigenvalue weighted by Gasteiger charge is 2.35. The molecule has 0 spiro atoms. The predicted octanol–water partition coefficient (Wildman–Crippen LogP) is -0.619. The molecule has 3 heterocycles. The van der Waals surface area contributed by atoms with E-state index in [0.717, 1.165) is 30.3 Å². The number of hydrogen-bond acceptors (Lipinski definition) is 4. The molecule has 2 bridgehead atoms. The summed E-state index contributed by atoms with van der Waals surface area (Å²) < 4.78 is 0. The third-order valence-electron chi connectivity index (χ3n) is 2.77. The van der Waals surface area contributed by atoms with Gasteiger partial charge < -0.3 is 16.0 Å². The van der Waals surface area contributed by atoms with E-state index in [1.807, 2.05) is 6.08 Å². The van der Waals surface area contributed by atoms with Gasteiger partial charge in [0.15, 0.2) is 0 Å². The topological polar surface area (TPSA) is 74.0 Å². The van der Waals surface area contributed by atoms with Gasteiger partial charge in [0.25, 0.3) is 0 Å². The van der Waals surface area contributed by atoms with Crippen LogP contribution in [-0.4, -0.2) is 41.8 Å². The van der Waals surface area contributed by atoms with Crippen molar-refractivity contribution < 1.29 is 4.79 Å². The van der Waals surface area contributed by atoms with E-state index < -0.39 is 6.03 Å². The minimum Gasteiger partial charge on any atom is -0.358 e. The molecule has 0 saturated carbocycles. The van der Waals surface area contributed by atoms with Crippen molar-refractivity contribution in [3.8, 4) is 0 Å². The Morgan fingerprint density at radius 3 is 3.27 bits per heavy atom. The average Bonchev–Trinajstić information content (AvgIpc) is 2.63. The molecule has 3 aliphatic heterocycles. The first kappa shape index (κ1) is 8.34. The van der Waals surface area contributed by atoms with E-state index in [9.17, 15) is 4.79 Å². The highest BCUT2D eigenvalue weighted by molar-refractivity contribution is 5.85. The van der Waals surface area contributed by atoms with E-state index in [0.29, 0.717) is 6.67 Å². The fourth-order valence-corrected chi connectivity index (χ4v) is 2.11. The summed E-state index contributed by atoms with van der Waals surface area (Å²) in [7, 11) is 0. The molecule has 3 rings (SSSR count). The van der Waals surface area contributed by atoms with Crippen molar-refractivity contribution >= 4 is 12.2 Å². The second-order valence-electron chi connectivity index (χ2n) is 3.63. The maximum Gasteiger partial charge on any atom is 0.324 e. The number of urea groups is 1. The maximum atomic E-state index is 11.4. The Kier molecular flexibility index (Phi) is 1.53. The second-order valence-corrected chi connectivity index (χ2v) is 3.63. The first-order valence-corrected chi connectivity index (χ1v) is 4.79. The Morgan fingerprint density at radius 1 is 1.60 bits per heavy atom. The van der Waals surface area contributed by atoms with Crippen LogP contribution in [-0.2, 0) is 0 Å². The van der Waals surface area contributed by atoms with Gasteiger partial charge in [-0.2, -0.15) is 0 Å². The summed E-state index contributed by atoms with van der Waals surface area (Å²) in [6, 6.07) is -0.446. The van der Waals surface area contributed by atoms with Crippen LogP contribution in [0, 0.1) is 0 Å². The predicted molar refractivity (Wildman–Crippen MR) is 54.6 cm³/mol. The number of amides is 2. The monoisotopic (exact) mass is 205 g/mol. The SMILES string of the molecule is NC(=O)N1C2=CCN(C2)C2=C1NCN=C2. The number of primary amides is 1. The zero-order valence-corrected chi connectivity index (χ0v) is 8.10. The molecule has 0 aromatic rings. The minimum absolute atomic E-state index is 0.446. The third-order valence-corrected chi connectivity index (χ3v) is 2.77. The van der Waals surface area contributed by atoms with Crippen molar-refractivity contribution in [3.05, 3.63) is 23.3 Å². The first-order chi connectivity index (χ1) is 7.27. The minimum atomic E-state index is -0.446. The van der Waals surface area contributed by atoms with Gasteiger partial charge >= 0.3 is 6.03 Å². The van der Waals surface area contributed by atoms with Crippen LogP contribution in [0.2, 0.25) is 0 Å². The van der Waals surface area contributed by atoms with Crippen LogP contribution >= 0.6 is 0 Å². The fraction of sp³-hybridized carbons (Fsp3) is 0.333. The summed E-state index contributed by atoms with van der Waals surface area (Å²) in [6.07, 6.45) is 3.80. The summed E-state index contributed by atoms with van der Waals surface area (Å²) in [5.74, 6) is 0.757. The Hall–Kier alpha value is -1.98. The van der Waals surface area contributed by atoms with Gasteiger partial charge in [0.2, 0.25) is 0 Å². The summed E-state index contributed by atoms with van der Waals surface area (Å²) in [6.45, 7) is 2.03. The third kappa shape index (κ3) is 1.04. The Balaban J connectivity index is 2.12. The summed E-state index contributed by atoms with van der Waals surface area (Å²) in [5.41, 5.74) is 7.26. The van der Waals surface area contributed by atoms with E-state index in [1.165, 1.54) is 4.90 Å². The van der Waals surface area contributed by atoms with Gasteiger partial charge in [-0.25, -0.2) is 9.69 Å². The second kappa shape index (κ2) is 2.75. The lowest BCUT2D eigenvalue weighted by molar-refractivity contribution is 0.220. The zero-order chi connectivity index (χ0) is 10.4.